The van der Waals surface area contributed by atoms with Crippen molar-refractivity contribution in [3.8, 4) is 11.5 Å². The number of rotatable bonds is 6. The van der Waals surface area contributed by atoms with E-state index < -0.39 is 18.3 Å². The normalized spacial score (nSPS) is 10.2. The van der Waals surface area contributed by atoms with E-state index in [9.17, 15) is 15.0 Å². The van der Waals surface area contributed by atoms with Gasteiger partial charge in [0.25, 0.3) is 0 Å². The largest absolute Gasteiger partial charge is 0.507 e. The van der Waals surface area contributed by atoms with Crippen molar-refractivity contribution < 1.29 is 24.9 Å². The van der Waals surface area contributed by atoms with Gasteiger partial charge in [0.1, 0.15) is 23.7 Å². The van der Waals surface area contributed by atoms with E-state index in [2.05, 4.69) is 6.58 Å². The van der Waals surface area contributed by atoms with E-state index in [0.717, 1.165) is 11.1 Å². The fourth-order valence-corrected chi connectivity index (χ4v) is 2.06. The highest BCUT2D eigenvalue weighted by atomic mass is 16.5. The van der Waals surface area contributed by atoms with Crippen molar-refractivity contribution in [2.75, 3.05) is 0 Å². The molecule has 2 aromatic carbocycles. The first kappa shape index (κ1) is 15.6. The molecule has 0 saturated carbocycles. The zero-order chi connectivity index (χ0) is 16.1. The molecule has 2 aromatic rings. The number of ether oxygens (including phenoxy) is 1. The zero-order valence-corrected chi connectivity index (χ0v) is 11.8. The third-order valence-electron chi connectivity index (χ3n) is 3.23. The monoisotopic (exact) mass is 300 g/mol. The van der Waals surface area contributed by atoms with E-state index >= 15 is 0 Å². The van der Waals surface area contributed by atoms with Crippen LogP contribution in [0.15, 0.2) is 43.0 Å². The number of aliphatic hydroxyl groups is 1. The molecule has 3 N–H and O–H groups in total. The molecule has 0 heterocycles. The minimum absolute atomic E-state index is 0.0511. The number of hydrogen-bond donors (Lipinski definition) is 3. The van der Waals surface area contributed by atoms with Crippen LogP contribution in [0, 0.1) is 0 Å². The number of carboxylic acid groups (broad SMARTS) is 1. The second-order valence-corrected chi connectivity index (χ2v) is 4.63. The molecule has 0 spiro atoms. The lowest BCUT2D eigenvalue weighted by Crippen LogP contribution is -2.06. The van der Waals surface area contributed by atoms with Crippen molar-refractivity contribution in [3.63, 3.8) is 0 Å². The smallest absolute Gasteiger partial charge is 0.339 e. The predicted molar refractivity (Wildman–Crippen MR) is 81.9 cm³/mol. The standard InChI is InChI=1S/C17H16O5/c1-2-11-3-5-12(6-4-11)10-22-15-8-7-14(19)16(17(20)21)13(15)9-18/h2-8,18-19H,1,9-10H2,(H,20,21). The molecule has 114 valence electrons. The Morgan fingerprint density at radius 1 is 1.18 bits per heavy atom. The van der Waals surface area contributed by atoms with E-state index in [-0.39, 0.29) is 23.5 Å². The van der Waals surface area contributed by atoms with Crippen LogP contribution in [-0.2, 0) is 13.2 Å². The van der Waals surface area contributed by atoms with Crippen molar-refractivity contribution in [2.45, 2.75) is 13.2 Å². The van der Waals surface area contributed by atoms with Crippen LogP contribution in [0.3, 0.4) is 0 Å². The van der Waals surface area contributed by atoms with Crippen LogP contribution >= 0.6 is 0 Å². The third-order valence-corrected chi connectivity index (χ3v) is 3.23. The van der Waals surface area contributed by atoms with Crippen LogP contribution in [0.25, 0.3) is 6.08 Å². The lowest BCUT2D eigenvalue weighted by Gasteiger charge is -2.13. The molecule has 5 nitrogen and oxygen atoms in total. The lowest BCUT2D eigenvalue weighted by molar-refractivity contribution is 0.0689. The van der Waals surface area contributed by atoms with Gasteiger partial charge in [-0.25, -0.2) is 4.79 Å². The highest BCUT2D eigenvalue weighted by Crippen LogP contribution is 2.30. The number of aliphatic hydroxyl groups excluding tert-OH is 1. The Morgan fingerprint density at radius 3 is 2.41 bits per heavy atom. The Hall–Kier alpha value is -2.79. The Kier molecular flexibility index (Phi) is 4.80. The fraction of sp³-hybridized carbons (Fsp3) is 0.118. The number of hydrogen-bond acceptors (Lipinski definition) is 4. The number of carbonyl (C=O) groups is 1. The van der Waals surface area contributed by atoms with Gasteiger partial charge in [0.15, 0.2) is 0 Å². The average Bonchev–Trinajstić information content (AvgIpc) is 2.53. The third kappa shape index (κ3) is 3.27. The van der Waals surface area contributed by atoms with Crippen molar-refractivity contribution in [1.82, 2.24) is 0 Å². The molecule has 0 atom stereocenters. The number of aromatic hydroxyl groups is 1. The summed E-state index contributed by atoms with van der Waals surface area (Å²) < 4.78 is 5.57. The first-order chi connectivity index (χ1) is 10.6. The van der Waals surface area contributed by atoms with E-state index in [0.29, 0.717) is 0 Å². The highest BCUT2D eigenvalue weighted by molar-refractivity contribution is 5.93. The number of aromatic carboxylic acids is 1. The number of phenols is 1. The molecule has 0 aliphatic carbocycles. The molecule has 2 rings (SSSR count). The topological polar surface area (TPSA) is 87.0 Å². The quantitative estimate of drug-likeness (QED) is 0.763. The molecule has 0 aliphatic rings. The van der Waals surface area contributed by atoms with Gasteiger partial charge in [-0.05, 0) is 23.3 Å². The van der Waals surface area contributed by atoms with Crippen LogP contribution in [0.2, 0.25) is 0 Å². The molecular weight excluding hydrogens is 284 g/mol. The molecular formula is C17H16O5. The molecule has 0 saturated heterocycles. The van der Waals surface area contributed by atoms with Gasteiger partial charge in [0, 0.05) is 5.56 Å². The average molecular weight is 300 g/mol. The second kappa shape index (κ2) is 6.78. The molecule has 0 aliphatic heterocycles. The van der Waals surface area contributed by atoms with Crippen LogP contribution < -0.4 is 4.74 Å². The van der Waals surface area contributed by atoms with Crippen molar-refractivity contribution in [2.24, 2.45) is 0 Å². The molecule has 5 heteroatoms. The van der Waals surface area contributed by atoms with Gasteiger partial charge in [-0.3, -0.25) is 0 Å². The summed E-state index contributed by atoms with van der Waals surface area (Å²) in [6.07, 6.45) is 1.73. The summed E-state index contributed by atoms with van der Waals surface area (Å²) in [5, 5.41) is 28.1. The maximum absolute atomic E-state index is 11.2. The highest BCUT2D eigenvalue weighted by Gasteiger charge is 2.19. The van der Waals surface area contributed by atoms with E-state index in [1.54, 1.807) is 6.08 Å². The minimum Gasteiger partial charge on any atom is -0.507 e. The summed E-state index contributed by atoms with van der Waals surface area (Å²) in [4.78, 5) is 11.2. The second-order valence-electron chi connectivity index (χ2n) is 4.63. The number of carboxylic acids is 1. The van der Waals surface area contributed by atoms with Crippen molar-refractivity contribution in [3.05, 3.63) is 65.2 Å². The Labute approximate surface area is 127 Å². The van der Waals surface area contributed by atoms with Crippen LogP contribution in [-0.4, -0.2) is 21.3 Å². The van der Waals surface area contributed by atoms with Gasteiger partial charge in [-0.2, -0.15) is 0 Å². The summed E-state index contributed by atoms with van der Waals surface area (Å²) in [6.45, 7) is 3.35. The minimum atomic E-state index is -1.32. The first-order valence-electron chi connectivity index (χ1n) is 6.60. The summed E-state index contributed by atoms with van der Waals surface area (Å²) in [5.74, 6) is -1.49. The summed E-state index contributed by atoms with van der Waals surface area (Å²) >= 11 is 0. The lowest BCUT2D eigenvalue weighted by atomic mass is 10.1. The van der Waals surface area contributed by atoms with Gasteiger partial charge >= 0.3 is 5.97 Å². The van der Waals surface area contributed by atoms with Gasteiger partial charge < -0.3 is 20.1 Å². The summed E-state index contributed by atoms with van der Waals surface area (Å²) in [5.41, 5.74) is 1.58. The van der Waals surface area contributed by atoms with E-state index in [1.807, 2.05) is 24.3 Å². The van der Waals surface area contributed by atoms with Crippen molar-refractivity contribution in [1.29, 1.82) is 0 Å². The molecule has 0 amide bonds. The van der Waals surface area contributed by atoms with Gasteiger partial charge in [-0.15, -0.1) is 0 Å². The maximum atomic E-state index is 11.2. The molecule has 0 aromatic heterocycles. The molecule has 22 heavy (non-hydrogen) atoms. The first-order valence-corrected chi connectivity index (χ1v) is 6.60. The predicted octanol–water partition coefficient (Wildman–Crippen LogP) is 2.80. The fourth-order valence-electron chi connectivity index (χ4n) is 2.06. The van der Waals surface area contributed by atoms with Crippen LogP contribution in [0.5, 0.6) is 11.5 Å². The van der Waals surface area contributed by atoms with Crippen LogP contribution in [0.1, 0.15) is 27.0 Å². The maximum Gasteiger partial charge on any atom is 0.339 e. The summed E-state index contributed by atoms with van der Waals surface area (Å²) in [7, 11) is 0. The summed E-state index contributed by atoms with van der Waals surface area (Å²) in [6, 6.07) is 10.2. The van der Waals surface area contributed by atoms with Crippen LogP contribution in [0.4, 0.5) is 0 Å². The van der Waals surface area contributed by atoms with Gasteiger partial charge in [0.05, 0.1) is 6.61 Å². The molecule has 0 radical (unpaired) electrons. The Morgan fingerprint density at radius 2 is 1.86 bits per heavy atom. The van der Waals surface area contributed by atoms with Gasteiger partial charge in [0.2, 0.25) is 0 Å². The molecule has 0 fully saturated rings. The van der Waals surface area contributed by atoms with Gasteiger partial charge in [-0.1, -0.05) is 36.9 Å². The Balaban J connectivity index is 2.23. The Bertz CT molecular complexity index is 689. The van der Waals surface area contributed by atoms with Crippen molar-refractivity contribution >= 4 is 12.0 Å². The number of benzene rings is 2. The zero-order valence-electron chi connectivity index (χ0n) is 11.8. The molecule has 0 unspecified atom stereocenters. The van der Waals surface area contributed by atoms with E-state index in [1.165, 1.54) is 12.1 Å². The van der Waals surface area contributed by atoms with E-state index in [4.69, 9.17) is 9.84 Å². The SMILES string of the molecule is C=Cc1ccc(COc2ccc(O)c(C(=O)O)c2CO)cc1. The molecule has 0 bridgehead atoms.